The van der Waals surface area contributed by atoms with Crippen molar-refractivity contribution >= 4 is 22.7 Å². The summed E-state index contributed by atoms with van der Waals surface area (Å²) < 4.78 is 51.7. The summed E-state index contributed by atoms with van der Waals surface area (Å²) in [6.45, 7) is 0. The maximum atomic E-state index is 13.5. The minimum Gasteiger partial charge on any atom is -0.343 e. The van der Waals surface area contributed by atoms with Gasteiger partial charge in [0.2, 0.25) is 0 Å². The summed E-state index contributed by atoms with van der Waals surface area (Å²) in [5.74, 6) is -1.75. The van der Waals surface area contributed by atoms with Crippen LogP contribution in [-0.2, 0) is 6.18 Å². The maximum absolute atomic E-state index is 13.5. The number of aromatic nitrogens is 3. The molecule has 3 N–H and O–H groups in total. The molecule has 0 saturated carbocycles. The van der Waals surface area contributed by atoms with Crippen LogP contribution < -0.4 is 5.06 Å². The molecule has 2 aromatic heterocycles. The zero-order valence-electron chi connectivity index (χ0n) is 11.8. The van der Waals surface area contributed by atoms with E-state index < -0.39 is 29.1 Å². The number of hydrogen-bond acceptors (Lipinski definition) is 4. The molecule has 0 aliphatic rings. The summed E-state index contributed by atoms with van der Waals surface area (Å²) in [6, 6.07) is 2.91. The van der Waals surface area contributed by atoms with Crippen LogP contribution >= 0.6 is 0 Å². The number of amidine groups is 1. The third-order valence-corrected chi connectivity index (χ3v) is 3.25. The Morgan fingerprint density at radius 3 is 2.67 bits per heavy atom. The number of aromatic amines is 1. The van der Waals surface area contributed by atoms with Crippen LogP contribution in [0.25, 0.3) is 11.2 Å². The van der Waals surface area contributed by atoms with Crippen LogP contribution in [0, 0.1) is 11.2 Å². The number of nitrogens with one attached hydrogen (secondary N) is 2. The van der Waals surface area contributed by atoms with Crippen molar-refractivity contribution in [1.82, 2.24) is 15.0 Å². The number of benzene rings is 1. The van der Waals surface area contributed by atoms with Crippen molar-refractivity contribution in [3.63, 3.8) is 0 Å². The Hall–Kier alpha value is -3.01. The predicted molar refractivity (Wildman–Crippen MR) is 76.4 cm³/mol. The molecular weight excluding hydrogens is 330 g/mol. The van der Waals surface area contributed by atoms with Gasteiger partial charge in [-0.15, -0.1) is 0 Å². The fourth-order valence-corrected chi connectivity index (χ4v) is 2.15. The average molecular weight is 339 g/mol. The van der Waals surface area contributed by atoms with Gasteiger partial charge in [-0.25, -0.2) is 19.4 Å². The highest BCUT2D eigenvalue weighted by atomic mass is 19.4. The molecular formula is C14H9F4N5O. The number of hydrogen-bond donors (Lipinski definition) is 3. The van der Waals surface area contributed by atoms with Crippen LogP contribution in [0.5, 0.6) is 0 Å². The average Bonchev–Trinajstić information content (AvgIpc) is 3.00. The minimum atomic E-state index is -4.78. The van der Waals surface area contributed by atoms with Crippen molar-refractivity contribution in [3.8, 4) is 0 Å². The summed E-state index contributed by atoms with van der Waals surface area (Å²) in [7, 11) is 0. The smallest absolute Gasteiger partial charge is 0.343 e. The number of alkyl halides is 3. The maximum Gasteiger partial charge on any atom is 0.416 e. The third-order valence-electron chi connectivity index (χ3n) is 3.25. The van der Waals surface area contributed by atoms with Gasteiger partial charge < -0.3 is 4.98 Å². The molecule has 124 valence electrons. The van der Waals surface area contributed by atoms with Gasteiger partial charge in [0, 0.05) is 17.8 Å². The number of fused-ring (bicyclic) bond motifs is 1. The molecule has 24 heavy (non-hydrogen) atoms. The molecule has 0 aliphatic heterocycles. The van der Waals surface area contributed by atoms with Crippen molar-refractivity contribution in [1.29, 1.82) is 5.41 Å². The molecule has 0 fully saturated rings. The molecule has 1 aromatic carbocycles. The summed E-state index contributed by atoms with van der Waals surface area (Å²) in [4.78, 5) is 10.5. The van der Waals surface area contributed by atoms with Crippen LogP contribution in [0.2, 0.25) is 0 Å². The quantitative estimate of drug-likeness (QED) is 0.289. The monoisotopic (exact) mass is 339 g/mol. The van der Waals surface area contributed by atoms with Gasteiger partial charge in [-0.05, 0) is 18.2 Å². The lowest BCUT2D eigenvalue weighted by molar-refractivity contribution is -0.137. The van der Waals surface area contributed by atoms with Gasteiger partial charge in [0.15, 0.2) is 11.5 Å². The lowest BCUT2D eigenvalue weighted by Gasteiger charge is -2.19. The van der Waals surface area contributed by atoms with Gasteiger partial charge in [0.05, 0.1) is 23.1 Å². The molecule has 10 heteroatoms. The molecule has 6 nitrogen and oxygen atoms in total. The highest BCUT2D eigenvalue weighted by molar-refractivity contribution is 6.12. The topological polar surface area (TPSA) is 88.9 Å². The fourth-order valence-electron chi connectivity index (χ4n) is 2.15. The van der Waals surface area contributed by atoms with Crippen molar-refractivity contribution in [2.75, 3.05) is 5.06 Å². The molecule has 0 aliphatic carbocycles. The molecule has 3 aromatic rings. The largest absolute Gasteiger partial charge is 0.416 e. The predicted octanol–water partition coefficient (Wildman–Crippen LogP) is 3.34. The Morgan fingerprint density at radius 2 is 1.96 bits per heavy atom. The molecule has 3 rings (SSSR count). The van der Waals surface area contributed by atoms with E-state index in [1.165, 1.54) is 18.6 Å². The van der Waals surface area contributed by atoms with E-state index in [4.69, 9.17) is 5.41 Å². The number of nitrogens with zero attached hydrogens (tertiary/aromatic N) is 3. The van der Waals surface area contributed by atoms with Gasteiger partial charge >= 0.3 is 6.18 Å². The van der Waals surface area contributed by atoms with Gasteiger partial charge in [0.1, 0.15) is 5.82 Å². The minimum absolute atomic E-state index is 0.137. The van der Waals surface area contributed by atoms with E-state index in [0.717, 1.165) is 0 Å². The second-order valence-corrected chi connectivity index (χ2v) is 4.82. The first-order valence-corrected chi connectivity index (χ1v) is 6.51. The molecule has 0 unspecified atom stereocenters. The lowest BCUT2D eigenvalue weighted by atomic mass is 10.1. The number of imidazole rings is 1. The highest BCUT2D eigenvalue weighted by Gasteiger charge is 2.32. The molecule has 0 radical (unpaired) electrons. The van der Waals surface area contributed by atoms with Crippen LogP contribution in [0.15, 0.2) is 36.8 Å². The van der Waals surface area contributed by atoms with Crippen LogP contribution in [0.1, 0.15) is 11.1 Å². The SMILES string of the molecule is N=C(c1ccnc2nc[nH]c12)N(O)c1cc(F)cc(C(F)(F)F)c1. The van der Waals surface area contributed by atoms with Crippen molar-refractivity contribution in [3.05, 3.63) is 53.7 Å². The molecule has 2 heterocycles. The van der Waals surface area contributed by atoms with E-state index in [1.807, 2.05) is 0 Å². The van der Waals surface area contributed by atoms with Crippen molar-refractivity contribution in [2.24, 2.45) is 0 Å². The van der Waals surface area contributed by atoms with Crippen molar-refractivity contribution < 1.29 is 22.8 Å². The normalized spacial score (nSPS) is 11.7. The number of halogens is 4. The van der Waals surface area contributed by atoms with E-state index in [2.05, 4.69) is 15.0 Å². The van der Waals surface area contributed by atoms with Crippen LogP contribution in [-0.4, -0.2) is 26.0 Å². The van der Waals surface area contributed by atoms with Crippen molar-refractivity contribution in [2.45, 2.75) is 6.18 Å². The van der Waals surface area contributed by atoms with E-state index >= 15 is 0 Å². The van der Waals surface area contributed by atoms with Crippen LogP contribution in [0.3, 0.4) is 0 Å². The fraction of sp³-hybridized carbons (Fsp3) is 0.0714. The van der Waals surface area contributed by atoms with Crippen LogP contribution in [0.4, 0.5) is 23.2 Å². The first kappa shape index (κ1) is 15.9. The Morgan fingerprint density at radius 1 is 1.21 bits per heavy atom. The third kappa shape index (κ3) is 2.78. The molecule has 0 spiro atoms. The number of pyridine rings is 1. The highest BCUT2D eigenvalue weighted by Crippen LogP contribution is 2.32. The first-order valence-electron chi connectivity index (χ1n) is 6.51. The zero-order valence-corrected chi connectivity index (χ0v) is 11.8. The van der Waals surface area contributed by atoms with Gasteiger partial charge in [0.25, 0.3) is 0 Å². The Labute approximate surface area is 131 Å². The molecule has 0 saturated heterocycles. The Kier molecular flexibility index (Phi) is 3.68. The number of anilines is 1. The van der Waals surface area contributed by atoms with Gasteiger partial charge in [-0.3, -0.25) is 10.6 Å². The summed E-state index contributed by atoms with van der Waals surface area (Å²) in [5, 5.41) is 18.2. The number of rotatable bonds is 2. The van der Waals surface area contributed by atoms with E-state index in [-0.39, 0.29) is 16.3 Å². The second kappa shape index (κ2) is 5.57. The van der Waals surface area contributed by atoms with E-state index in [9.17, 15) is 22.8 Å². The van der Waals surface area contributed by atoms with Gasteiger partial charge in [-0.2, -0.15) is 13.2 Å². The first-order chi connectivity index (χ1) is 11.3. The molecule has 0 atom stereocenters. The number of hydroxylamine groups is 1. The summed E-state index contributed by atoms with van der Waals surface area (Å²) in [5.41, 5.74) is -1.09. The van der Waals surface area contributed by atoms with E-state index in [0.29, 0.717) is 23.7 Å². The summed E-state index contributed by atoms with van der Waals surface area (Å²) >= 11 is 0. The Bertz CT molecular complexity index is 921. The zero-order chi connectivity index (χ0) is 17.5. The molecule has 0 bridgehead atoms. The summed E-state index contributed by atoms with van der Waals surface area (Å²) in [6.07, 6.45) is -2.14. The van der Waals surface area contributed by atoms with E-state index in [1.54, 1.807) is 0 Å². The number of H-pyrrole nitrogens is 1. The molecule has 0 amide bonds. The standard InChI is InChI=1S/C14H9F4N5O/c15-8-3-7(14(16,17)18)4-9(5-8)23(24)12(19)10-1-2-20-13-11(10)21-6-22-13/h1-6,19,24H,(H,20,21,22). The Balaban J connectivity index is 2.03. The second-order valence-electron chi connectivity index (χ2n) is 4.82. The lowest BCUT2D eigenvalue weighted by Crippen LogP contribution is -2.28. The van der Waals surface area contributed by atoms with Gasteiger partial charge in [-0.1, -0.05) is 0 Å².